The van der Waals surface area contributed by atoms with Gasteiger partial charge in [0, 0.05) is 31.3 Å². The van der Waals surface area contributed by atoms with Crippen molar-refractivity contribution in [1.29, 1.82) is 0 Å². The van der Waals surface area contributed by atoms with Crippen LogP contribution < -0.4 is 19.7 Å². The fraction of sp³-hybridized carbons (Fsp3) is 0.529. The second-order valence-corrected chi connectivity index (χ2v) is 6.32. The molecule has 1 saturated heterocycles. The minimum absolute atomic E-state index is 0.0460. The average molecular weight is 349 g/mol. The quantitative estimate of drug-likeness (QED) is 0.849. The third kappa shape index (κ3) is 4.33. The van der Waals surface area contributed by atoms with Crippen molar-refractivity contribution in [3.05, 3.63) is 18.2 Å². The number of amides is 2. The van der Waals surface area contributed by atoms with Crippen LogP contribution in [0, 0.1) is 0 Å². The van der Waals surface area contributed by atoms with E-state index in [9.17, 15) is 9.59 Å². The zero-order valence-corrected chi connectivity index (χ0v) is 14.5. The summed E-state index contributed by atoms with van der Waals surface area (Å²) < 4.78 is 16.2. The van der Waals surface area contributed by atoms with Gasteiger partial charge >= 0.3 is 6.09 Å². The Morgan fingerprint density at radius 3 is 2.84 bits per heavy atom. The lowest BCUT2D eigenvalue weighted by atomic mass is 10.2. The van der Waals surface area contributed by atoms with E-state index in [2.05, 4.69) is 5.32 Å². The Kier molecular flexibility index (Phi) is 5.28. The topological polar surface area (TPSA) is 80.3 Å². The smallest absolute Gasteiger partial charge is 0.407 e. The Morgan fingerprint density at radius 2 is 2.08 bits per heavy atom. The Labute approximate surface area is 146 Å². The second-order valence-electron chi connectivity index (χ2n) is 6.32. The number of rotatable bonds is 5. The molecule has 8 heteroatoms. The van der Waals surface area contributed by atoms with Gasteiger partial charge in [0.15, 0.2) is 11.5 Å². The first-order chi connectivity index (χ1) is 12.0. The largest absolute Gasteiger partial charge is 0.486 e. The number of alkyl carbamates (subject to hydrolysis) is 1. The highest BCUT2D eigenvalue weighted by Gasteiger charge is 2.32. The van der Waals surface area contributed by atoms with Crippen LogP contribution in [-0.2, 0) is 9.53 Å². The number of carbonyl (C=O) groups is 2. The lowest BCUT2D eigenvalue weighted by Gasteiger charge is -2.22. The highest BCUT2D eigenvalue weighted by atomic mass is 16.6. The summed E-state index contributed by atoms with van der Waals surface area (Å²) in [6.45, 7) is 2.39. The van der Waals surface area contributed by atoms with E-state index < -0.39 is 6.09 Å². The molecular formula is C17H23N3O5. The Hall–Kier alpha value is -2.48. The van der Waals surface area contributed by atoms with Crippen molar-refractivity contribution in [2.24, 2.45) is 0 Å². The predicted molar refractivity (Wildman–Crippen MR) is 91.2 cm³/mol. The maximum Gasteiger partial charge on any atom is 0.407 e. The highest BCUT2D eigenvalue weighted by molar-refractivity contribution is 5.97. The average Bonchev–Trinajstić information content (AvgIpc) is 2.94. The van der Waals surface area contributed by atoms with Crippen molar-refractivity contribution in [3.63, 3.8) is 0 Å². The van der Waals surface area contributed by atoms with Gasteiger partial charge in [-0.3, -0.25) is 4.79 Å². The molecule has 3 rings (SSSR count). The number of nitrogens with one attached hydrogen (secondary N) is 1. The molecule has 25 heavy (non-hydrogen) atoms. The van der Waals surface area contributed by atoms with Crippen molar-refractivity contribution in [2.75, 3.05) is 51.9 Å². The molecule has 1 aromatic carbocycles. The van der Waals surface area contributed by atoms with Crippen LogP contribution in [0.25, 0.3) is 0 Å². The summed E-state index contributed by atoms with van der Waals surface area (Å²) in [5.41, 5.74) is 0.736. The number of fused-ring (bicyclic) bond motifs is 1. The fourth-order valence-electron chi connectivity index (χ4n) is 2.78. The maximum atomic E-state index is 12.3. The molecule has 0 aliphatic carbocycles. The minimum Gasteiger partial charge on any atom is -0.486 e. The monoisotopic (exact) mass is 349 g/mol. The van der Waals surface area contributed by atoms with Crippen molar-refractivity contribution >= 4 is 17.7 Å². The van der Waals surface area contributed by atoms with Crippen molar-refractivity contribution < 1.29 is 23.8 Å². The van der Waals surface area contributed by atoms with Crippen LogP contribution in [0.2, 0.25) is 0 Å². The van der Waals surface area contributed by atoms with Crippen LogP contribution in [0.15, 0.2) is 18.2 Å². The van der Waals surface area contributed by atoms with Crippen LogP contribution in [-0.4, -0.2) is 69.9 Å². The van der Waals surface area contributed by atoms with E-state index in [0.717, 1.165) is 5.69 Å². The van der Waals surface area contributed by atoms with Crippen LogP contribution >= 0.6 is 0 Å². The number of nitrogens with zero attached hydrogens (tertiary/aromatic N) is 2. The van der Waals surface area contributed by atoms with E-state index in [1.807, 2.05) is 25.1 Å². The third-order valence-electron chi connectivity index (χ3n) is 4.06. The lowest BCUT2D eigenvalue weighted by Crippen LogP contribution is -2.38. The molecule has 1 aromatic rings. The first-order valence-electron chi connectivity index (χ1n) is 8.31. The number of hydrogen-bond donors (Lipinski definition) is 1. The van der Waals surface area contributed by atoms with Gasteiger partial charge in [-0.25, -0.2) is 4.79 Å². The standard InChI is InChI=1S/C17H23N3O5/c1-19(2)5-6-25-17(22)18-12-9-16(21)20(11-12)13-3-4-14-15(10-13)24-8-7-23-14/h3-4,10,12H,5-9,11H2,1-2H3,(H,18,22)/t12-/m0/s1. The number of anilines is 1. The van der Waals surface area contributed by atoms with Crippen LogP contribution in [0.4, 0.5) is 10.5 Å². The molecule has 2 heterocycles. The van der Waals surface area contributed by atoms with Crippen LogP contribution in [0.3, 0.4) is 0 Å². The van der Waals surface area contributed by atoms with Gasteiger partial charge in [0.1, 0.15) is 19.8 Å². The summed E-state index contributed by atoms with van der Waals surface area (Å²) in [7, 11) is 3.81. The molecule has 8 nitrogen and oxygen atoms in total. The summed E-state index contributed by atoms with van der Waals surface area (Å²) >= 11 is 0. The lowest BCUT2D eigenvalue weighted by molar-refractivity contribution is -0.117. The zero-order valence-electron chi connectivity index (χ0n) is 14.5. The summed E-state index contributed by atoms with van der Waals surface area (Å²) in [6, 6.07) is 5.15. The highest BCUT2D eigenvalue weighted by Crippen LogP contribution is 2.35. The van der Waals surface area contributed by atoms with E-state index in [0.29, 0.717) is 44.4 Å². The summed E-state index contributed by atoms with van der Waals surface area (Å²) in [5.74, 6) is 1.27. The van der Waals surface area contributed by atoms with E-state index in [-0.39, 0.29) is 18.4 Å². The Morgan fingerprint density at radius 1 is 1.32 bits per heavy atom. The fourth-order valence-corrected chi connectivity index (χ4v) is 2.78. The Bertz CT molecular complexity index is 649. The van der Waals surface area contributed by atoms with Crippen LogP contribution in [0.5, 0.6) is 11.5 Å². The summed E-state index contributed by atoms with van der Waals surface area (Å²) in [6.07, 6.45) is -0.249. The van der Waals surface area contributed by atoms with Gasteiger partial charge in [-0.05, 0) is 26.2 Å². The van der Waals surface area contributed by atoms with Gasteiger partial charge in [0.05, 0.1) is 6.04 Å². The first-order valence-corrected chi connectivity index (χ1v) is 8.31. The van der Waals surface area contributed by atoms with E-state index in [1.165, 1.54) is 0 Å². The first kappa shape index (κ1) is 17.3. The molecule has 0 aromatic heterocycles. The molecule has 0 spiro atoms. The Balaban J connectivity index is 1.56. The van der Waals surface area contributed by atoms with Gasteiger partial charge in [0.25, 0.3) is 0 Å². The molecule has 1 N–H and O–H groups in total. The molecule has 0 saturated carbocycles. The van der Waals surface area contributed by atoms with E-state index in [1.54, 1.807) is 17.0 Å². The van der Waals surface area contributed by atoms with E-state index in [4.69, 9.17) is 14.2 Å². The minimum atomic E-state index is -0.497. The van der Waals surface area contributed by atoms with Gasteiger partial charge in [0.2, 0.25) is 5.91 Å². The second kappa shape index (κ2) is 7.60. The van der Waals surface area contributed by atoms with Gasteiger partial charge in [-0.15, -0.1) is 0 Å². The molecule has 0 bridgehead atoms. The molecule has 1 atom stereocenters. The van der Waals surface area contributed by atoms with E-state index >= 15 is 0 Å². The summed E-state index contributed by atoms with van der Waals surface area (Å²) in [5, 5.41) is 2.75. The number of ether oxygens (including phenoxy) is 3. The normalized spacial score (nSPS) is 19.2. The molecule has 2 aliphatic rings. The molecule has 136 valence electrons. The molecule has 2 aliphatic heterocycles. The molecule has 0 unspecified atom stereocenters. The summed E-state index contributed by atoms with van der Waals surface area (Å²) in [4.78, 5) is 27.7. The predicted octanol–water partition coefficient (Wildman–Crippen LogP) is 0.851. The number of likely N-dealkylation sites (N-methyl/N-ethyl adjacent to an activating group) is 1. The number of hydrogen-bond acceptors (Lipinski definition) is 6. The maximum absolute atomic E-state index is 12.3. The molecule has 1 fully saturated rings. The number of carbonyl (C=O) groups excluding carboxylic acids is 2. The van der Waals surface area contributed by atoms with Gasteiger partial charge in [-0.1, -0.05) is 0 Å². The SMILES string of the molecule is CN(C)CCOC(=O)N[C@H]1CC(=O)N(c2ccc3c(c2)OCCO3)C1. The van der Waals surface area contributed by atoms with Crippen LogP contribution in [0.1, 0.15) is 6.42 Å². The van der Waals surface area contributed by atoms with Crippen molar-refractivity contribution in [1.82, 2.24) is 10.2 Å². The molecule has 2 amide bonds. The number of benzene rings is 1. The van der Waals surface area contributed by atoms with Gasteiger partial charge in [-0.2, -0.15) is 0 Å². The van der Waals surface area contributed by atoms with Gasteiger partial charge < -0.3 is 29.3 Å². The molecular weight excluding hydrogens is 326 g/mol. The third-order valence-corrected chi connectivity index (χ3v) is 4.06. The zero-order chi connectivity index (χ0) is 17.8. The van der Waals surface area contributed by atoms with Crippen molar-refractivity contribution in [3.8, 4) is 11.5 Å². The molecule has 0 radical (unpaired) electrons. The van der Waals surface area contributed by atoms with Crippen molar-refractivity contribution in [2.45, 2.75) is 12.5 Å².